The molecule has 1 fully saturated rings. The van der Waals surface area contributed by atoms with Crippen LogP contribution in [0.15, 0.2) is 48.7 Å². The molecule has 1 N–H and O–H groups in total. The lowest BCUT2D eigenvalue weighted by molar-refractivity contribution is 0.0920. The molecule has 0 atom stereocenters. The van der Waals surface area contributed by atoms with Crippen LogP contribution in [-0.2, 0) is 7.05 Å². The molecule has 1 aliphatic rings. The van der Waals surface area contributed by atoms with Gasteiger partial charge in [0.1, 0.15) is 11.4 Å². The van der Waals surface area contributed by atoms with Crippen molar-refractivity contribution in [2.24, 2.45) is 7.05 Å². The highest BCUT2D eigenvalue weighted by molar-refractivity contribution is 5.94. The molecule has 1 amide bonds. The van der Waals surface area contributed by atoms with E-state index in [1.54, 1.807) is 4.68 Å². The van der Waals surface area contributed by atoms with Crippen molar-refractivity contribution in [3.63, 3.8) is 0 Å². The number of hydrogen-bond donors (Lipinski definition) is 1. The Morgan fingerprint density at radius 2 is 1.93 bits per heavy atom. The first-order valence-corrected chi connectivity index (χ1v) is 9.71. The summed E-state index contributed by atoms with van der Waals surface area (Å²) in [4.78, 5) is 13.1. The van der Waals surface area contributed by atoms with Crippen molar-refractivity contribution in [2.75, 3.05) is 0 Å². The fourth-order valence-corrected chi connectivity index (χ4v) is 3.86. The van der Waals surface area contributed by atoms with Gasteiger partial charge in [0.25, 0.3) is 5.91 Å². The summed E-state index contributed by atoms with van der Waals surface area (Å²) in [5.41, 5.74) is 4.43. The first kappa shape index (κ1) is 17.6. The molecule has 4 rings (SSSR count). The minimum Gasteiger partial charge on any atom is -0.349 e. The minimum absolute atomic E-state index is 0.0450. The maximum absolute atomic E-state index is 13.1. The summed E-state index contributed by atoms with van der Waals surface area (Å²) in [7, 11) is 1.99. The highest BCUT2D eigenvalue weighted by Gasteiger charge is 2.22. The van der Waals surface area contributed by atoms with E-state index in [1.807, 2.05) is 61.1 Å². The maximum Gasteiger partial charge on any atom is 0.270 e. The number of benzene rings is 1. The molecule has 0 bridgehead atoms. The van der Waals surface area contributed by atoms with Gasteiger partial charge in [0, 0.05) is 19.3 Å². The number of aryl methyl sites for hydroxylation is 2. The molecule has 5 nitrogen and oxygen atoms in total. The summed E-state index contributed by atoms with van der Waals surface area (Å²) >= 11 is 0. The Hall–Kier alpha value is -2.82. The van der Waals surface area contributed by atoms with Crippen LogP contribution in [-0.4, -0.2) is 26.3 Å². The van der Waals surface area contributed by atoms with E-state index in [1.165, 1.54) is 19.3 Å². The molecule has 1 aliphatic carbocycles. The third-order valence-corrected chi connectivity index (χ3v) is 5.33. The van der Waals surface area contributed by atoms with Crippen molar-refractivity contribution < 1.29 is 4.79 Å². The first-order valence-electron chi connectivity index (χ1n) is 9.71. The first-order chi connectivity index (χ1) is 13.1. The van der Waals surface area contributed by atoms with Gasteiger partial charge in [-0.3, -0.25) is 4.79 Å². The van der Waals surface area contributed by atoms with Crippen LogP contribution in [0, 0.1) is 6.92 Å². The van der Waals surface area contributed by atoms with Crippen LogP contribution in [0.1, 0.15) is 48.2 Å². The molecule has 0 aliphatic heterocycles. The lowest BCUT2D eigenvalue weighted by atomic mass is 9.95. The molecule has 1 aromatic carbocycles. The summed E-state index contributed by atoms with van der Waals surface area (Å²) in [5.74, 6) is -0.0450. The monoisotopic (exact) mass is 362 g/mol. The summed E-state index contributed by atoms with van der Waals surface area (Å²) in [5, 5.41) is 8.00. The van der Waals surface area contributed by atoms with Crippen molar-refractivity contribution in [1.29, 1.82) is 0 Å². The second-order valence-corrected chi connectivity index (χ2v) is 7.48. The molecular weight excluding hydrogens is 336 g/mol. The minimum atomic E-state index is -0.0450. The smallest absolute Gasteiger partial charge is 0.270 e. The van der Waals surface area contributed by atoms with Crippen molar-refractivity contribution in [3.05, 3.63) is 59.9 Å². The molecule has 2 heterocycles. The predicted octanol–water partition coefficient (Wildman–Crippen LogP) is 4.25. The molecule has 0 radical (unpaired) electrons. The van der Waals surface area contributed by atoms with Gasteiger partial charge >= 0.3 is 0 Å². The SMILES string of the molecule is Cc1cccc(-n2nc(-c3cccn3C)cc2C(=O)NC2CCCCC2)c1. The van der Waals surface area contributed by atoms with Gasteiger partial charge in [-0.2, -0.15) is 5.10 Å². The summed E-state index contributed by atoms with van der Waals surface area (Å²) in [6.45, 7) is 2.05. The average Bonchev–Trinajstić information content (AvgIpc) is 3.29. The van der Waals surface area contributed by atoms with Gasteiger partial charge in [-0.05, 0) is 55.7 Å². The Labute approximate surface area is 160 Å². The van der Waals surface area contributed by atoms with E-state index < -0.39 is 0 Å². The maximum atomic E-state index is 13.1. The van der Waals surface area contributed by atoms with Crippen LogP contribution in [0.5, 0.6) is 0 Å². The third kappa shape index (κ3) is 3.68. The molecule has 140 valence electrons. The van der Waals surface area contributed by atoms with E-state index in [-0.39, 0.29) is 11.9 Å². The van der Waals surface area contributed by atoms with E-state index >= 15 is 0 Å². The molecule has 2 aromatic heterocycles. The van der Waals surface area contributed by atoms with Crippen molar-refractivity contribution >= 4 is 5.91 Å². The van der Waals surface area contributed by atoms with Crippen LogP contribution in [0.25, 0.3) is 17.1 Å². The van der Waals surface area contributed by atoms with Gasteiger partial charge in [0.05, 0.1) is 11.4 Å². The van der Waals surface area contributed by atoms with Gasteiger partial charge in [-0.25, -0.2) is 4.68 Å². The molecule has 27 heavy (non-hydrogen) atoms. The highest BCUT2D eigenvalue weighted by Crippen LogP contribution is 2.23. The number of rotatable bonds is 4. The number of carbonyl (C=O) groups excluding carboxylic acids is 1. The topological polar surface area (TPSA) is 51.9 Å². The number of hydrogen-bond acceptors (Lipinski definition) is 2. The largest absolute Gasteiger partial charge is 0.349 e. The van der Waals surface area contributed by atoms with Gasteiger partial charge in [0.2, 0.25) is 0 Å². The summed E-state index contributed by atoms with van der Waals surface area (Å²) < 4.78 is 3.79. The zero-order valence-electron chi connectivity index (χ0n) is 16.0. The van der Waals surface area contributed by atoms with E-state index in [4.69, 9.17) is 5.10 Å². The second kappa shape index (κ2) is 7.43. The normalized spacial score (nSPS) is 15.0. The van der Waals surface area contributed by atoms with Gasteiger partial charge in [-0.15, -0.1) is 0 Å². The zero-order chi connectivity index (χ0) is 18.8. The lowest BCUT2D eigenvalue weighted by Gasteiger charge is -2.22. The van der Waals surface area contributed by atoms with Crippen molar-refractivity contribution in [1.82, 2.24) is 19.7 Å². The fraction of sp³-hybridized carbons (Fsp3) is 0.364. The number of amides is 1. The second-order valence-electron chi connectivity index (χ2n) is 7.48. The Bertz CT molecular complexity index is 947. The number of carbonyl (C=O) groups is 1. The molecule has 0 saturated heterocycles. The molecule has 1 saturated carbocycles. The van der Waals surface area contributed by atoms with Crippen LogP contribution in [0.4, 0.5) is 0 Å². The number of nitrogens with one attached hydrogen (secondary N) is 1. The van der Waals surface area contributed by atoms with E-state index in [0.717, 1.165) is 35.5 Å². The Morgan fingerprint density at radius 1 is 1.11 bits per heavy atom. The molecule has 5 heteroatoms. The van der Waals surface area contributed by atoms with E-state index in [0.29, 0.717) is 5.69 Å². The van der Waals surface area contributed by atoms with E-state index in [9.17, 15) is 4.79 Å². The fourth-order valence-electron chi connectivity index (χ4n) is 3.86. The van der Waals surface area contributed by atoms with Crippen molar-refractivity contribution in [3.8, 4) is 17.1 Å². The predicted molar refractivity (Wildman–Crippen MR) is 107 cm³/mol. The molecule has 3 aromatic rings. The molecule has 0 unspecified atom stereocenters. The van der Waals surface area contributed by atoms with Crippen LogP contribution < -0.4 is 5.32 Å². The van der Waals surface area contributed by atoms with Gasteiger partial charge < -0.3 is 9.88 Å². The Morgan fingerprint density at radius 3 is 2.63 bits per heavy atom. The van der Waals surface area contributed by atoms with Gasteiger partial charge in [0.15, 0.2) is 0 Å². The number of aromatic nitrogens is 3. The standard InChI is InChI=1S/C22H26N4O/c1-16-8-6-11-18(14-16)26-21(22(27)23-17-9-4-3-5-10-17)15-19(24-26)20-12-7-13-25(20)2/h6-8,11-15,17H,3-5,9-10H2,1-2H3,(H,23,27). The van der Waals surface area contributed by atoms with Crippen LogP contribution in [0.3, 0.4) is 0 Å². The quantitative estimate of drug-likeness (QED) is 0.754. The van der Waals surface area contributed by atoms with Crippen molar-refractivity contribution in [2.45, 2.75) is 45.1 Å². The summed E-state index contributed by atoms with van der Waals surface area (Å²) in [6.07, 6.45) is 7.77. The van der Waals surface area contributed by atoms with Gasteiger partial charge in [-0.1, -0.05) is 31.4 Å². The van der Waals surface area contributed by atoms with E-state index in [2.05, 4.69) is 11.4 Å². The van der Waals surface area contributed by atoms with Crippen LogP contribution in [0.2, 0.25) is 0 Å². The zero-order valence-corrected chi connectivity index (χ0v) is 16.0. The molecular formula is C22H26N4O. The summed E-state index contributed by atoms with van der Waals surface area (Å²) in [6, 6.07) is 14.3. The third-order valence-electron chi connectivity index (χ3n) is 5.33. The average molecular weight is 362 g/mol. The highest BCUT2D eigenvalue weighted by atomic mass is 16.2. The number of nitrogens with zero attached hydrogens (tertiary/aromatic N) is 3. The lowest BCUT2D eigenvalue weighted by Crippen LogP contribution is -2.37. The molecule has 0 spiro atoms. The van der Waals surface area contributed by atoms with Crippen LogP contribution >= 0.6 is 0 Å². The Kier molecular flexibility index (Phi) is 4.84. The Balaban J connectivity index is 1.72.